The summed E-state index contributed by atoms with van der Waals surface area (Å²) in [5.74, 6) is -0.829. The predicted octanol–water partition coefficient (Wildman–Crippen LogP) is -0.0113. The fourth-order valence-corrected chi connectivity index (χ4v) is 3.41. The highest BCUT2D eigenvalue weighted by Gasteiger charge is 2.50. The zero-order chi connectivity index (χ0) is 15.9. The molecular formula is C14H16N2O6. The Hall–Kier alpha value is -2.38. The van der Waals surface area contributed by atoms with E-state index in [2.05, 4.69) is 0 Å². The van der Waals surface area contributed by atoms with Gasteiger partial charge in [-0.05, 0) is 19.3 Å². The van der Waals surface area contributed by atoms with Crippen LogP contribution in [0.2, 0.25) is 0 Å². The molecule has 2 amide bonds. The van der Waals surface area contributed by atoms with Crippen molar-refractivity contribution in [2.45, 2.75) is 19.3 Å². The molecule has 0 bridgehead atoms. The number of hydrogen-bond acceptors (Lipinski definition) is 5. The summed E-state index contributed by atoms with van der Waals surface area (Å²) >= 11 is 0. The van der Waals surface area contributed by atoms with Crippen molar-refractivity contribution in [3.8, 4) is 0 Å². The average molecular weight is 308 g/mol. The van der Waals surface area contributed by atoms with Crippen LogP contribution in [0.4, 0.5) is 4.79 Å². The summed E-state index contributed by atoms with van der Waals surface area (Å²) in [6.45, 7) is 1.01. The Morgan fingerprint density at radius 3 is 2.41 bits per heavy atom. The van der Waals surface area contributed by atoms with Crippen LogP contribution in [-0.2, 0) is 19.1 Å². The van der Waals surface area contributed by atoms with Gasteiger partial charge in [0.25, 0.3) is 0 Å². The van der Waals surface area contributed by atoms with E-state index >= 15 is 0 Å². The Bertz CT molecular complexity index is 588. The van der Waals surface area contributed by atoms with E-state index < -0.39 is 17.5 Å². The van der Waals surface area contributed by atoms with Crippen molar-refractivity contribution in [1.82, 2.24) is 9.80 Å². The molecule has 1 N–H and O–H groups in total. The summed E-state index contributed by atoms with van der Waals surface area (Å²) in [6, 6.07) is 0. The van der Waals surface area contributed by atoms with Crippen LogP contribution in [0.25, 0.3) is 0 Å². The Labute approximate surface area is 126 Å². The smallest absolute Gasteiger partial charge is 0.407 e. The molecule has 0 unspecified atom stereocenters. The number of ether oxygens (including phenoxy) is 1. The molecule has 0 atom stereocenters. The molecule has 0 radical (unpaired) electrons. The number of hydrogen-bond donors (Lipinski definition) is 1. The SMILES string of the molecule is O=CC1=C(N2CCC3(CCN(C(=O)O)CC3)C2=O)COC1=O. The Kier molecular flexibility index (Phi) is 3.38. The number of carboxylic acid groups (broad SMARTS) is 1. The molecule has 2 fully saturated rings. The third kappa shape index (κ3) is 2.06. The summed E-state index contributed by atoms with van der Waals surface area (Å²) in [5.41, 5.74) is -0.339. The molecule has 0 saturated carbocycles. The van der Waals surface area contributed by atoms with Gasteiger partial charge in [0.1, 0.15) is 12.2 Å². The maximum atomic E-state index is 12.8. The quantitative estimate of drug-likeness (QED) is 0.437. The van der Waals surface area contributed by atoms with Crippen LogP contribution < -0.4 is 0 Å². The number of esters is 1. The predicted molar refractivity (Wildman–Crippen MR) is 71.6 cm³/mol. The zero-order valence-electron chi connectivity index (χ0n) is 11.9. The number of carbonyl (C=O) groups excluding carboxylic acids is 3. The van der Waals surface area contributed by atoms with Crippen LogP contribution in [0, 0.1) is 5.41 Å². The first kappa shape index (κ1) is 14.6. The molecule has 8 heteroatoms. The zero-order valence-corrected chi connectivity index (χ0v) is 11.9. The second kappa shape index (κ2) is 5.11. The number of aldehydes is 1. The molecule has 2 saturated heterocycles. The third-order valence-corrected chi connectivity index (χ3v) is 4.82. The van der Waals surface area contributed by atoms with E-state index in [0.29, 0.717) is 50.9 Å². The maximum absolute atomic E-state index is 12.8. The summed E-state index contributed by atoms with van der Waals surface area (Å²) < 4.78 is 4.83. The summed E-state index contributed by atoms with van der Waals surface area (Å²) in [7, 11) is 0. The molecule has 1 spiro atoms. The first-order valence-electron chi connectivity index (χ1n) is 7.14. The van der Waals surface area contributed by atoms with Crippen molar-refractivity contribution in [3.05, 3.63) is 11.3 Å². The molecule has 3 heterocycles. The molecule has 0 aromatic carbocycles. The summed E-state index contributed by atoms with van der Waals surface area (Å²) in [5, 5.41) is 8.99. The van der Waals surface area contributed by atoms with E-state index in [4.69, 9.17) is 9.84 Å². The number of carbonyl (C=O) groups is 4. The van der Waals surface area contributed by atoms with Gasteiger partial charge in [-0.2, -0.15) is 0 Å². The highest BCUT2D eigenvalue weighted by atomic mass is 16.5. The Morgan fingerprint density at radius 2 is 1.82 bits per heavy atom. The topological polar surface area (TPSA) is 104 Å². The lowest BCUT2D eigenvalue weighted by atomic mass is 9.77. The second-order valence-electron chi connectivity index (χ2n) is 5.81. The van der Waals surface area contributed by atoms with Crippen LogP contribution in [0.15, 0.2) is 11.3 Å². The number of likely N-dealkylation sites (tertiary alicyclic amines) is 2. The fraction of sp³-hybridized carbons (Fsp3) is 0.571. The van der Waals surface area contributed by atoms with Gasteiger partial charge in [0.15, 0.2) is 6.29 Å². The van der Waals surface area contributed by atoms with E-state index in [1.54, 1.807) is 0 Å². The molecule has 3 rings (SSSR count). The molecule has 0 aromatic rings. The van der Waals surface area contributed by atoms with Gasteiger partial charge >= 0.3 is 12.1 Å². The van der Waals surface area contributed by atoms with Gasteiger partial charge in [-0.3, -0.25) is 9.59 Å². The molecule has 0 aromatic heterocycles. The highest BCUT2D eigenvalue weighted by Crippen LogP contribution is 2.43. The monoisotopic (exact) mass is 308 g/mol. The third-order valence-electron chi connectivity index (χ3n) is 4.82. The van der Waals surface area contributed by atoms with Crippen LogP contribution >= 0.6 is 0 Å². The minimum atomic E-state index is -0.974. The molecule has 8 nitrogen and oxygen atoms in total. The van der Waals surface area contributed by atoms with Crippen LogP contribution in [0.3, 0.4) is 0 Å². The first-order chi connectivity index (χ1) is 10.5. The Morgan fingerprint density at radius 1 is 1.18 bits per heavy atom. The van der Waals surface area contributed by atoms with E-state index in [0.717, 1.165) is 0 Å². The van der Waals surface area contributed by atoms with Gasteiger partial charge in [-0.25, -0.2) is 9.59 Å². The first-order valence-corrected chi connectivity index (χ1v) is 7.14. The molecular weight excluding hydrogens is 292 g/mol. The molecule has 3 aliphatic rings. The van der Waals surface area contributed by atoms with Gasteiger partial charge in [-0.15, -0.1) is 0 Å². The summed E-state index contributed by atoms with van der Waals surface area (Å²) in [4.78, 5) is 48.9. The molecule has 0 aliphatic carbocycles. The van der Waals surface area contributed by atoms with Crippen LogP contribution in [0.1, 0.15) is 19.3 Å². The van der Waals surface area contributed by atoms with Crippen LogP contribution in [-0.4, -0.2) is 65.4 Å². The van der Waals surface area contributed by atoms with E-state index in [9.17, 15) is 19.2 Å². The van der Waals surface area contributed by atoms with E-state index in [1.807, 2.05) is 0 Å². The van der Waals surface area contributed by atoms with Gasteiger partial charge in [0.2, 0.25) is 5.91 Å². The number of piperidine rings is 1. The minimum Gasteiger partial charge on any atom is -0.465 e. The lowest BCUT2D eigenvalue weighted by Crippen LogP contribution is -2.46. The van der Waals surface area contributed by atoms with Crippen molar-refractivity contribution in [3.63, 3.8) is 0 Å². The molecule has 118 valence electrons. The number of rotatable bonds is 2. The van der Waals surface area contributed by atoms with Crippen molar-refractivity contribution < 1.29 is 29.0 Å². The van der Waals surface area contributed by atoms with Gasteiger partial charge in [-0.1, -0.05) is 0 Å². The van der Waals surface area contributed by atoms with Gasteiger partial charge in [0, 0.05) is 19.6 Å². The largest absolute Gasteiger partial charge is 0.465 e. The Balaban J connectivity index is 1.79. The summed E-state index contributed by atoms with van der Waals surface area (Å²) in [6.07, 6.45) is 0.984. The van der Waals surface area contributed by atoms with E-state index in [1.165, 1.54) is 9.80 Å². The van der Waals surface area contributed by atoms with Gasteiger partial charge < -0.3 is 19.6 Å². The van der Waals surface area contributed by atoms with Gasteiger partial charge in [0.05, 0.1) is 11.1 Å². The lowest BCUT2D eigenvalue weighted by molar-refractivity contribution is -0.138. The van der Waals surface area contributed by atoms with Crippen molar-refractivity contribution >= 4 is 24.3 Å². The highest BCUT2D eigenvalue weighted by molar-refractivity contribution is 6.10. The van der Waals surface area contributed by atoms with E-state index in [-0.39, 0.29) is 18.1 Å². The number of nitrogens with zero attached hydrogens (tertiary/aromatic N) is 2. The standard InChI is InChI=1S/C14H16N2O6/c17-7-9-10(8-22-11(9)18)16-6-3-14(12(16)19)1-4-15(5-2-14)13(20)21/h7H,1-6,8H2,(H,20,21). The molecule has 3 aliphatic heterocycles. The minimum absolute atomic E-state index is 0.0595. The molecule has 22 heavy (non-hydrogen) atoms. The lowest BCUT2D eigenvalue weighted by Gasteiger charge is -2.36. The average Bonchev–Trinajstić information content (AvgIpc) is 3.01. The number of amides is 2. The maximum Gasteiger partial charge on any atom is 0.407 e. The fourth-order valence-electron chi connectivity index (χ4n) is 3.41. The van der Waals surface area contributed by atoms with Crippen molar-refractivity contribution in [2.24, 2.45) is 5.41 Å². The van der Waals surface area contributed by atoms with Crippen molar-refractivity contribution in [1.29, 1.82) is 0 Å². The number of cyclic esters (lactones) is 1. The van der Waals surface area contributed by atoms with Crippen molar-refractivity contribution in [2.75, 3.05) is 26.2 Å². The second-order valence-corrected chi connectivity index (χ2v) is 5.81. The normalized spacial score (nSPS) is 24.2. The van der Waals surface area contributed by atoms with Crippen LogP contribution in [0.5, 0.6) is 0 Å².